The predicted molar refractivity (Wildman–Crippen MR) is 55.1 cm³/mol. The van der Waals surface area contributed by atoms with Gasteiger partial charge in [0.1, 0.15) is 0 Å². The van der Waals surface area contributed by atoms with E-state index in [1.54, 1.807) is 0 Å². The van der Waals surface area contributed by atoms with Crippen LogP contribution in [0.1, 0.15) is 33.1 Å². The monoisotopic (exact) mass is 162 g/mol. The van der Waals surface area contributed by atoms with Gasteiger partial charge in [0, 0.05) is 0 Å². The summed E-state index contributed by atoms with van der Waals surface area (Å²) in [5.74, 6) is 0.880. The lowest BCUT2D eigenvalue weighted by Gasteiger charge is -1.96. The molecule has 0 N–H and O–H groups in total. The molecule has 0 radical (unpaired) electrons. The Bertz CT molecular complexity index is 214. The van der Waals surface area contributed by atoms with Gasteiger partial charge >= 0.3 is 0 Å². The van der Waals surface area contributed by atoms with Crippen LogP contribution < -0.4 is 0 Å². The van der Waals surface area contributed by atoms with E-state index in [4.69, 9.17) is 0 Å². The summed E-state index contributed by atoms with van der Waals surface area (Å²) in [5, 5.41) is 0. The first-order valence-electron chi connectivity index (χ1n) is 4.76. The van der Waals surface area contributed by atoms with Crippen molar-refractivity contribution in [1.82, 2.24) is 0 Å². The van der Waals surface area contributed by atoms with Crippen molar-refractivity contribution in [1.29, 1.82) is 0 Å². The van der Waals surface area contributed by atoms with E-state index in [0.29, 0.717) is 0 Å². The second-order valence-corrected chi connectivity index (χ2v) is 3.62. The molecule has 0 aromatic heterocycles. The van der Waals surface area contributed by atoms with Crippen LogP contribution in [0.3, 0.4) is 0 Å². The van der Waals surface area contributed by atoms with Gasteiger partial charge in [0.25, 0.3) is 0 Å². The molecule has 1 saturated carbocycles. The largest absolute Gasteiger partial charge is 0.0961 e. The molecule has 1 aliphatic carbocycles. The Morgan fingerprint density at radius 1 is 1.50 bits per heavy atom. The molecule has 12 heavy (non-hydrogen) atoms. The van der Waals surface area contributed by atoms with Gasteiger partial charge < -0.3 is 0 Å². The van der Waals surface area contributed by atoms with Gasteiger partial charge in [0.2, 0.25) is 0 Å². The minimum absolute atomic E-state index is 0.880. The summed E-state index contributed by atoms with van der Waals surface area (Å²) in [5.41, 5.74) is 2.54. The highest BCUT2D eigenvalue weighted by molar-refractivity contribution is 5.27. The van der Waals surface area contributed by atoms with E-state index in [-0.39, 0.29) is 0 Å². The fourth-order valence-electron chi connectivity index (χ4n) is 1.13. The fourth-order valence-corrected chi connectivity index (χ4v) is 1.13. The zero-order valence-corrected chi connectivity index (χ0v) is 8.14. The van der Waals surface area contributed by atoms with Crippen LogP contribution in [0.5, 0.6) is 0 Å². The Hall–Kier alpha value is -0.780. The molecule has 0 saturated heterocycles. The van der Waals surface area contributed by atoms with Crippen molar-refractivity contribution in [2.45, 2.75) is 33.1 Å². The molecule has 0 bridgehead atoms. The summed E-state index contributed by atoms with van der Waals surface area (Å²) >= 11 is 0. The highest BCUT2D eigenvalue weighted by Gasteiger charge is 2.16. The van der Waals surface area contributed by atoms with Crippen molar-refractivity contribution in [2.24, 2.45) is 5.92 Å². The molecule has 0 nitrogen and oxygen atoms in total. The molecule has 66 valence electrons. The van der Waals surface area contributed by atoms with Crippen molar-refractivity contribution < 1.29 is 0 Å². The van der Waals surface area contributed by atoms with Crippen LogP contribution in [0.25, 0.3) is 0 Å². The summed E-state index contributed by atoms with van der Waals surface area (Å²) < 4.78 is 0. The normalized spacial score (nSPS) is 18.7. The third-order valence-electron chi connectivity index (χ3n) is 2.04. The minimum atomic E-state index is 0.880. The first-order chi connectivity index (χ1) is 5.72. The zero-order chi connectivity index (χ0) is 8.97. The van der Waals surface area contributed by atoms with E-state index in [1.807, 2.05) is 6.92 Å². The average molecular weight is 162 g/mol. The highest BCUT2D eigenvalue weighted by atomic mass is 14.2. The van der Waals surface area contributed by atoms with Crippen LogP contribution in [0, 0.1) is 5.92 Å². The lowest BCUT2D eigenvalue weighted by Crippen LogP contribution is -1.76. The molecule has 0 amide bonds. The van der Waals surface area contributed by atoms with Gasteiger partial charge in [-0.3, -0.25) is 0 Å². The summed E-state index contributed by atoms with van der Waals surface area (Å²) in [6.07, 6.45) is 10.6. The van der Waals surface area contributed by atoms with E-state index in [1.165, 1.54) is 18.4 Å². The second-order valence-electron chi connectivity index (χ2n) is 3.62. The third kappa shape index (κ3) is 3.56. The molecule has 0 spiro atoms. The Labute approximate surface area is 75.7 Å². The Balaban J connectivity index is 2.48. The van der Waals surface area contributed by atoms with E-state index < -0.39 is 0 Å². The van der Waals surface area contributed by atoms with Gasteiger partial charge in [-0.05, 0) is 37.7 Å². The Morgan fingerprint density at radius 2 is 2.17 bits per heavy atom. The average Bonchev–Trinajstić information content (AvgIpc) is 2.80. The van der Waals surface area contributed by atoms with Crippen LogP contribution in [0.15, 0.2) is 36.0 Å². The number of allylic oxidation sites excluding steroid dienone is 5. The highest BCUT2D eigenvalue weighted by Crippen LogP contribution is 2.30. The van der Waals surface area contributed by atoms with Gasteiger partial charge in [0.15, 0.2) is 0 Å². The van der Waals surface area contributed by atoms with Gasteiger partial charge in [-0.1, -0.05) is 37.3 Å². The first-order valence-corrected chi connectivity index (χ1v) is 4.76. The smallest absolute Gasteiger partial charge is 0.0230 e. The molecule has 0 aliphatic heterocycles. The van der Waals surface area contributed by atoms with E-state index in [9.17, 15) is 0 Å². The molecule has 1 fully saturated rings. The molecule has 1 aliphatic rings. The second kappa shape index (κ2) is 4.30. The standard InChI is InChI=1S/C12H18/c1-4-11(9-10(2)3)5-6-12-7-8-12/h5-6,9,12H,2,4,7-8H2,1,3H3/b6-5-,11-9+. The molecular formula is C12H18. The van der Waals surface area contributed by atoms with Gasteiger partial charge in [0.05, 0.1) is 0 Å². The molecule has 0 aromatic rings. The van der Waals surface area contributed by atoms with Crippen molar-refractivity contribution in [3.8, 4) is 0 Å². The van der Waals surface area contributed by atoms with Crippen LogP contribution in [0.2, 0.25) is 0 Å². The van der Waals surface area contributed by atoms with Crippen molar-refractivity contribution in [3.63, 3.8) is 0 Å². The zero-order valence-electron chi connectivity index (χ0n) is 8.14. The summed E-state index contributed by atoms with van der Waals surface area (Å²) in [6, 6.07) is 0. The SMILES string of the molecule is C=C(C)/C=C(/C=C\C1CC1)CC. The van der Waals surface area contributed by atoms with E-state index >= 15 is 0 Å². The molecule has 0 atom stereocenters. The van der Waals surface area contributed by atoms with Crippen LogP contribution in [-0.4, -0.2) is 0 Å². The van der Waals surface area contributed by atoms with Crippen LogP contribution >= 0.6 is 0 Å². The molecule has 1 rings (SSSR count). The maximum Gasteiger partial charge on any atom is -0.0230 e. The Morgan fingerprint density at radius 3 is 2.58 bits per heavy atom. The van der Waals surface area contributed by atoms with Crippen LogP contribution in [0.4, 0.5) is 0 Å². The lowest BCUT2D eigenvalue weighted by atomic mass is 10.1. The van der Waals surface area contributed by atoms with Crippen molar-refractivity contribution in [3.05, 3.63) is 36.0 Å². The fraction of sp³-hybridized carbons (Fsp3) is 0.500. The number of hydrogen-bond donors (Lipinski definition) is 0. The molecule has 0 heterocycles. The van der Waals surface area contributed by atoms with Crippen LogP contribution in [-0.2, 0) is 0 Å². The quantitative estimate of drug-likeness (QED) is 0.550. The summed E-state index contributed by atoms with van der Waals surface area (Å²) in [4.78, 5) is 0. The topological polar surface area (TPSA) is 0 Å². The van der Waals surface area contributed by atoms with Crippen molar-refractivity contribution in [2.75, 3.05) is 0 Å². The van der Waals surface area contributed by atoms with Gasteiger partial charge in [-0.15, -0.1) is 0 Å². The number of rotatable bonds is 4. The minimum Gasteiger partial charge on any atom is -0.0961 e. The number of hydrogen-bond acceptors (Lipinski definition) is 0. The molecule has 0 heteroatoms. The predicted octanol–water partition coefficient (Wildman–Crippen LogP) is 3.87. The van der Waals surface area contributed by atoms with E-state index in [2.05, 4.69) is 31.7 Å². The Kier molecular flexibility index (Phi) is 3.33. The molecular weight excluding hydrogens is 144 g/mol. The maximum absolute atomic E-state index is 3.88. The third-order valence-corrected chi connectivity index (χ3v) is 2.04. The summed E-state index contributed by atoms with van der Waals surface area (Å²) in [6.45, 7) is 8.10. The molecule has 0 unspecified atom stereocenters. The van der Waals surface area contributed by atoms with Gasteiger partial charge in [-0.25, -0.2) is 0 Å². The molecule has 0 aromatic carbocycles. The first kappa shape index (κ1) is 9.31. The van der Waals surface area contributed by atoms with Crippen molar-refractivity contribution >= 4 is 0 Å². The summed E-state index contributed by atoms with van der Waals surface area (Å²) in [7, 11) is 0. The van der Waals surface area contributed by atoms with E-state index in [0.717, 1.165) is 17.9 Å². The lowest BCUT2D eigenvalue weighted by molar-refractivity contribution is 1.09. The maximum atomic E-state index is 3.88. The van der Waals surface area contributed by atoms with Gasteiger partial charge in [-0.2, -0.15) is 0 Å².